The number of alkyl halides is 3. The van der Waals surface area contributed by atoms with Crippen molar-refractivity contribution in [2.45, 2.75) is 17.8 Å². The average molecular weight is 533 g/mol. The van der Waals surface area contributed by atoms with Crippen LogP contribution in [0.4, 0.5) is 13.2 Å². The molecule has 1 aromatic carbocycles. The Hall–Kier alpha value is -2.55. The number of aromatic nitrogens is 3. The summed E-state index contributed by atoms with van der Waals surface area (Å²) in [5.74, 6) is 0.358. The molecule has 0 radical (unpaired) electrons. The quantitative estimate of drug-likeness (QED) is 0.257. The van der Waals surface area contributed by atoms with Gasteiger partial charge in [-0.2, -0.15) is 17.5 Å². The number of rotatable bonds is 9. The zero-order valence-electron chi connectivity index (χ0n) is 18.5. The zero-order chi connectivity index (χ0) is 25.1. The van der Waals surface area contributed by atoms with E-state index in [2.05, 4.69) is 9.97 Å². The summed E-state index contributed by atoms with van der Waals surface area (Å²) >= 11 is 1.23. The van der Waals surface area contributed by atoms with Gasteiger partial charge in [0.2, 0.25) is 10.0 Å². The van der Waals surface area contributed by atoms with E-state index in [1.807, 2.05) is 0 Å². The highest BCUT2D eigenvalue weighted by atomic mass is 32.2. The second kappa shape index (κ2) is 10.6. The number of nitrogens with one attached hydrogen (secondary N) is 1. The number of hydrogen-bond acceptors (Lipinski definition) is 7. The summed E-state index contributed by atoms with van der Waals surface area (Å²) in [6.45, 7) is 0.00531. The van der Waals surface area contributed by atoms with Gasteiger partial charge in [-0.3, -0.25) is 9.36 Å². The Bertz CT molecular complexity index is 1320. The van der Waals surface area contributed by atoms with Crippen molar-refractivity contribution in [1.29, 1.82) is 0 Å². The van der Waals surface area contributed by atoms with Gasteiger partial charge in [-0.05, 0) is 36.8 Å². The highest BCUT2D eigenvalue weighted by molar-refractivity contribution is 7.99. The van der Waals surface area contributed by atoms with Crippen LogP contribution in [-0.2, 0) is 14.8 Å². The number of nitrogens with zero attached hydrogens (tertiary/aromatic N) is 3. The third-order valence-corrected chi connectivity index (χ3v) is 8.17. The molecule has 1 aliphatic rings. The number of thioether (sulfide) groups is 1. The van der Waals surface area contributed by atoms with E-state index in [0.29, 0.717) is 54.8 Å². The molecule has 2 aromatic heterocycles. The molecule has 0 spiro atoms. The lowest BCUT2D eigenvalue weighted by atomic mass is 10.3. The van der Waals surface area contributed by atoms with Gasteiger partial charge in [0, 0.05) is 25.0 Å². The summed E-state index contributed by atoms with van der Waals surface area (Å²) in [5, 5.41) is 0.342. The maximum atomic E-state index is 13.1. The number of hydrogen-bond donors (Lipinski definition) is 1. The van der Waals surface area contributed by atoms with E-state index in [0.717, 1.165) is 0 Å². The summed E-state index contributed by atoms with van der Waals surface area (Å²) in [7, 11) is -3.40. The smallest absolute Gasteiger partial charge is 0.422 e. The first-order valence-corrected chi connectivity index (χ1v) is 13.3. The van der Waals surface area contributed by atoms with Gasteiger partial charge in [-0.1, -0.05) is 11.8 Å². The van der Waals surface area contributed by atoms with Gasteiger partial charge in [0.25, 0.3) is 5.56 Å². The molecule has 0 amide bonds. The lowest BCUT2D eigenvalue weighted by Crippen LogP contribution is -2.41. The normalized spacial score (nSPS) is 15.5. The molecular formula is C21H23F3N4O5S2. The van der Waals surface area contributed by atoms with Crippen LogP contribution in [0.3, 0.4) is 0 Å². The Labute approximate surface area is 203 Å². The van der Waals surface area contributed by atoms with Gasteiger partial charge in [-0.25, -0.2) is 13.4 Å². The second-order valence-corrected chi connectivity index (χ2v) is 10.9. The fourth-order valence-electron chi connectivity index (χ4n) is 3.52. The van der Waals surface area contributed by atoms with E-state index in [1.54, 1.807) is 12.3 Å². The third kappa shape index (κ3) is 6.37. The first-order chi connectivity index (χ1) is 16.6. The minimum Gasteiger partial charge on any atom is -0.484 e. The highest BCUT2D eigenvalue weighted by Gasteiger charge is 2.28. The number of H-pyrrole nitrogens is 1. The van der Waals surface area contributed by atoms with Crippen LogP contribution in [-0.4, -0.2) is 77.9 Å². The molecule has 3 aromatic rings. The minimum atomic E-state index is -4.46. The second-order valence-electron chi connectivity index (χ2n) is 7.70. The van der Waals surface area contributed by atoms with Crippen LogP contribution in [0.2, 0.25) is 0 Å². The van der Waals surface area contributed by atoms with Crippen molar-refractivity contribution in [3.8, 4) is 11.4 Å². The van der Waals surface area contributed by atoms with Crippen LogP contribution >= 0.6 is 11.8 Å². The average Bonchev–Trinajstić information content (AvgIpc) is 3.30. The molecule has 0 bridgehead atoms. The predicted molar refractivity (Wildman–Crippen MR) is 125 cm³/mol. The molecule has 1 N–H and O–H groups in total. The maximum absolute atomic E-state index is 13.1. The first-order valence-electron chi connectivity index (χ1n) is 10.7. The van der Waals surface area contributed by atoms with Crippen molar-refractivity contribution >= 4 is 32.8 Å². The fraction of sp³-hybridized carbons (Fsp3) is 0.429. The van der Waals surface area contributed by atoms with Crippen molar-refractivity contribution in [2.75, 3.05) is 44.4 Å². The molecule has 0 aliphatic carbocycles. The molecule has 0 unspecified atom stereocenters. The minimum absolute atomic E-state index is 0.00978. The predicted octanol–water partition coefficient (Wildman–Crippen LogP) is 2.80. The monoisotopic (exact) mass is 532 g/mol. The number of benzene rings is 1. The Morgan fingerprint density at radius 3 is 2.54 bits per heavy atom. The number of morpholine rings is 1. The Balaban J connectivity index is 1.50. The van der Waals surface area contributed by atoms with E-state index >= 15 is 0 Å². The van der Waals surface area contributed by atoms with E-state index in [1.165, 1.54) is 44.9 Å². The van der Waals surface area contributed by atoms with E-state index in [4.69, 9.17) is 9.47 Å². The topological polar surface area (TPSA) is 107 Å². The van der Waals surface area contributed by atoms with Crippen LogP contribution in [0.15, 0.2) is 46.5 Å². The maximum Gasteiger partial charge on any atom is 0.422 e. The van der Waals surface area contributed by atoms with Crippen LogP contribution < -0.4 is 10.3 Å². The molecule has 35 heavy (non-hydrogen) atoms. The molecule has 0 atom stereocenters. The van der Waals surface area contributed by atoms with Crippen molar-refractivity contribution in [1.82, 2.24) is 18.8 Å². The van der Waals surface area contributed by atoms with Crippen molar-refractivity contribution in [3.05, 3.63) is 46.9 Å². The molecule has 9 nitrogen and oxygen atoms in total. The molecule has 1 saturated heterocycles. The van der Waals surface area contributed by atoms with Crippen molar-refractivity contribution < 1.29 is 31.1 Å². The number of sulfonamides is 1. The van der Waals surface area contributed by atoms with Crippen molar-refractivity contribution in [3.63, 3.8) is 0 Å². The van der Waals surface area contributed by atoms with E-state index < -0.39 is 22.8 Å². The van der Waals surface area contributed by atoms with Crippen LogP contribution in [0.1, 0.15) is 6.42 Å². The van der Waals surface area contributed by atoms with Crippen molar-refractivity contribution in [2.24, 2.45) is 0 Å². The summed E-state index contributed by atoms with van der Waals surface area (Å²) in [6.07, 6.45) is -2.53. The lowest BCUT2D eigenvalue weighted by molar-refractivity contribution is -0.153. The fourth-order valence-corrected chi connectivity index (χ4v) is 6.12. The molecular weight excluding hydrogens is 509 g/mol. The molecule has 3 heterocycles. The standard InChI is InChI=1S/C21H23F3N4O5S2/c22-21(23,24)14-33-16-4-2-15(3-5-16)28-19(29)18-17(6-7-25-18)26-20(28)34-12-1-13-35(30,31)27-8-10-32-11-9-27/h2-7,25H,1,8-14H2. The van der Waals surface area contributed by atoms with Crippen LogP contribution in [0.5, 0.6) is 5.75 Å². The summed E-state index contributed by atoms with van der Waals surface area (Å²) in [5.41, 5.74) is 0.746. The highest BCUT2D eigenvalue weighted by Crippen LogP contribution is 2.24. The van der Waals surface area contributed by atoms with E-state index in [-0.39, 0.29) is 22.6 Å². The van der Waals surface area contributed by atoms with E-state index in [9.17, 15) is 26.4 Å². The largest absolute Gasteiger partial charge is 0.484 e. The van der Waals surface area contributed by atoms with Crippen LogP contribution in [0.25, 0.3) is 16.7 Å². The molecule has 14 heteroatoms. The summed E-state index contributed by atoms with van der Waals surface area (Å²) < 4.78 is 75.0. The Morgan fingerprint density at radius 2 is 1.86 bits per heavy atom. The molecule has 190 valence electrons. The molecule has 1 aliphatic heterocycles. The number of aromatic amines is 1. The van der Waals surface area contributed by atoms with Crippen LogP contribution in [0, 0.1) is 0 Å². The number of fused-ring (bicyclic) bond motifs is 1. The Morgan fingerprint density at radius 1 is 1.14 bits per heavy atom. The summed E-state index contributed by atoms with van der Waals surface area (Å²) in [4.78, 5) is 20.5. The van der Waals surface area contributed by atoms with Gasteiger partial charge in [0.15, 0.2) is 11.8 Å². The zero-order valence-corrected chi connectivity index (χ0v) is 20.1. The van der Waals surface area contributed by atoms with Gasteiger partial charge in [-0.15, -0.1) is 0 Å². The van der Waals surface area contributed by atoms with Gasteiger partial charge in [0.1, 0.15) is 11.3 Å². The molecule has 0 saturated carbocycles. The first kappa shape index (κ1) is 25.5. The third-order valence-electron chi connectivity index (χ3n) is 5.19. The van der Waals surface area contributed by atoms with Gasteiger partial charge in [0.05, 0.1) is 30.2 Å². The van der Waals surface area contributed by atoms with Gasteiger partial charge >= 0.3 is 6.18 Å². The molecule has 1 fully saturated rings. The summed E-state index contributed by atoms with van der Waals surface area (Å²) in [6, 6.07) is 7.28. The SMILES string of the molecule is O=c1c2[nH]ccc2nc(SCCCS(=O)(=O)N2CCOCC2)n1-c1ccc(OCC(F)(F)F)cc1. The number of ether oxygens (including phenoxy) is 2. The number of halogens is 3. The Kier molecular flexibility index (Phi) is 7.73. The lowest BCUT2D eigenvalue weighted by Gasteiger charge is -2.25. The molecule has 4 rings (SSSR count). The van der Waals surface area contributed by atoms with Gasteiger partial charge < -0.3 is 14.5 Å².